The second kappa shape index (κ2) is 11.9. The second-order valence-electron chi connectivity index (χ2n) is 12.9. The van der Waals surface area contributed by atoms with Gasteiger partial charge in [0.05, 0.1) is 0 Å². The molecule has 3 heteroatoms. The highest BCUT2D eigenvalue weighted by atomic mass is 16.4. The lowest BCUT2D eigenvalue weighted by molar-refractivity contribution is 0.633. The molecule has 240 valence electrons. The molecular weight excluding hydrogens is 623 g/mol. The quantitative estimate of drug-likeness (QED) is 0.179. The predicted molar refractivity (Wildman–Crippen MR) is 212 cm³/mol. The summed E-state index contributed by atoms with van der Waals surface area (Å²) in [5.41, 5.74) is 13.6. The molecule has 0 N–H and O–H groups in total. The van der Waals surface area contributed by atoms with Crippen molar-refractivity contribution in [3.05, 3.63) is 188 Å². The van der Waals surface area contributed by atoms with Crippen molar-refractivity contribution in [1.29, 1.82) is 0 Å². The lowest BCUT2D eigenvalue weighted by Gasteiger charge is -2.25. The van der Waals surface area contributed by atoms with Gasteiger partial charge in [0.2, 0.25) is 0 Å². The lowest BCUT2D eigenvalue weighted by Crippen LogP contribution is -2.09. The van der Waals surface area contributed by atoms with Gasteiger partial charge >= 0.3 is 0 Å². The number of benzene rings is 8. The molecule has 10 rings (SSSR count). The van der Waals surface area contributed by atoms with E-state index in [9.17, 15) is 0 Å². The molecule has 0 spiro atoms. The minimum Gasteiger partial charge on any atom is -0.452 e. The van der Waals surface area contributed by atoms with Gasteiger partial charge in [-0.3, -0.25) is 0 Å². The second-order valence-corrected chi connectivity index (χ2v) is 12.9. The van der Waals surface area contributed by atoms with Gasteiger partial charge in [-0.1, -0.05) is 127 Å². The minimum absolute atomic E-state index is 0.788. The number of nitrogens with zero attached hydrogens (tertiary/aromatic N) is 1. The highest BCUT2D eigenvalue weighted by Crippen LogP contribution is 2.44. The molecule has 0 radical (unpaired) electrons. The Labute approximate surface area is 295 Å². The molecule has 0 saturated carbocycles. The van der Waals surface area contributed by atoms with Gasteiger partial charge in [0, 0.05) is 38.6 Å². The van der Waals surface area contributed by atoms with Crippen LogP contribution >= 0.6 is 0 Å². The molecule has 2 aromatic heterocycles. The third-order valence-electron chi connectivity index (χ3n) is 9.87. The fourth-order valence-corrected chi connectivity index (χ4v) is 7.42. The van der Waals surface area contributed by atoms with Crippen LogP contribution in [-0.2, 0) is 0 Å². The smallest absolute Gasteiger partial charge is 0.179 e. The van der Waals surface area contributed by atoms with E-state index < -0.39 is 0 Å². The first kappa shape index (κ1) is 29.1. The van der Waals surface area contributed by atoms with Crippen molar-refractivity contribution in [3.63, 3.8) is 0 Å². The van der Waals surface area contributed by atoms with Crippen LogP contribution in [0.1, 0.15) is 0 Å². The molecule has 0 aliphatic carbocycles. The van der Waals surface area contributed by atoms with Gasteiger partial charge in [0.25, 0.3) is 0 Å². The molecule has 8 aromatic carbocycles. The number of anilines is 3. The summed E-state index contributed by atoms with van der Waals surface area (Å²) >= 11 is 0. The van der Waals surface area contributed by atoms with E-state index in [1.165, 1.54) is 16.7 Å². The third kappa shape index (κ3) is 4.98. The van der Waals surface area contributed by atoms with Crippen molar-refractivity contribution in [2.24, 2.45) is 0 Å². The van der Waals surface area contributed by atoms with E-state index in [1.54, 1.807) is 0 Å². The summed E-state index contributed by atoms with van der Waals surface area (Å²) < 4.78 is 12.9. The van der Waals surface area contributed by atoms with Crippen LogP contribution in [0.15, 0.2) is 197 Å². The van der Waals surface area contributed by atoms with Crippen molar-refractivity contribution in [1.82, 2.24) is 0 Å². The van der Waals surface area contributed by atoms with Crippen LogP contribution in [0.2, 0.25) is 0 Å². The number of hydrogen-bond acceptors (Lipinski definition) is 3. The van der Waals surface area contributed by atoms with Crippen LogP contribution in [0.25, 0.3) is 77.3 Å². The van der Waals surface area contributed by atoms with Gasteiger partial charge in [-0.2, -0.15) is 0 Å². The van der Waals surface area contributed by atoms with Crippen LogP contribution in [0.4, 0.5) is 17.1 Å². The van der Waals surface area contributed by atoms with E-state index in [2.05, 4.69) is 169 Å². The molecule has 0 atom stereocenters. The van der Waals surface area contributed by atoms with Crippen molar-refractivity contribution < 1.29 is 8.83 Å². The summed E-state index contributed by atoms with van der Waals surface area (Å²) in [4.78, 5) is 2.28. The topological polar surface area (TPSA) is 29.5 Å². The van der Waals surface area contributed by atoms with E-state index >= 15 is 0 Å². The highest BCUT2D eigenvalue weighted by Gasteiger charge is 2.20. The zero-order valence-electron chi connectivity index (χ0n) is 27.7. The number of para-hydroxylation sites is 4. The molecule has 3 nitrogen and oxygen atoms in total. The molecule has 0 fully saturated rings. The summed E-state index contributed by atoms with van der Waals surface area (Å²) in [5, 5.41) is 4.31. The molecule has 0 aliphatic rings. The standard InChI is InChI=1S/C48H31NO2/c1-3-14-37(15-4-1)49(38-16-5-2-6-17-38)39-28-26-33(27-29-39)32-22-24-34(25-23-32)35-12-11-13-36(30-35)42-31-43-40-18-7-9-20-44(40)50-47(43)48-46(42)41-19-8-10-21-45(41)51-48/h1-31H. The zero-order valence-corrected chi connectivity index (χ0v) is 27.7. The Balaban J connectivity index is 1.01. The summed E-state index contributed by atoms with van der Waals surface area (Å²) in [5.74, 6) is 0. The Bertz CT molecular complexity index is 2790. The van der Waals surface area contributed by atoms with E-state index in [0.717, 1.165) is 77.6 Å². The average molecular weight is 654 g/mol. The van der Waals surface area contributed by atoms with Crippen LogP contribution in [0.5, 0.6) is 0 Å². The van der Waals surface area contributed by atoms with Crippen LogP contribution in [-0.4, -0.2) is 0 Å². The SMILES string of the molecule is c1ccc(N(c2ccccc2)c2ccc(-c3ccc(-c4cccc(-c5cc6c7ccccc7oc6c6oc7ccccc7c56)c4)cc3)cc2)cc1. The van der Waals surface area contributed by atoms with Crippen LogP contribution in [0.3, 0.4) is 0 Å². The van der Waals surface area contributed by atoms with Crippen molar-refractivity contribution in [2.75, 3.05) is 4.90 Å². The monoisotopic (exact) mass is 653 g/mol. The zero-order chi connectivity index (χ0) is 33.7. The molecule has 10 aromatic rings. The van der Waals surface area contributed by atoms with Gasteiger partial charge in [-0.25, -0.2) is 0 Å². The number of hydrogen-bond donors (Lipinski definition) is 0. The fourth-order valence-electron chi connectivity index (χ4n) is 7.42. The summed E-state index contributed by atoms with van der Waals surface area (Å²) in [6.07, 6.45) is 0. The maximum atomic E-state index is 6.50. The largest absolute Gasteiger partial charge is 0.452 e. The maximum absolute atomic E-state index is 6.50. The number of furan rings is 2. The summed E-state index contributed by atoms with van der Waals surface area (Å²) in [7, 11) is 0. The average Bonchev–Trinajstić information content (AvgIpc) is 3.78. The lowest BCUT2D eigenvalue weighted by atomic mass is 9.93. The molecular formula is C48H31NO2. The molecule has 0 unspecified atom stereocenters. The first-order chi connectivity index (χ1) is 25.3. The summed E-state index contributed by atoms with van der Waals surface area (Å²) in [6.45, 7) is 0. The predicted octanol–water partition coefficient (Wildman–Crippen LogP) is 14.0. The summed E-state index contributed by atoms with van der Waals surface area (Å²) in [6, 6.07) is 66.2. The molecule has 0 amide bonds. The molecule has 0 saturated heterocycles. The molecule has 0 aliphatic heterocycles. The van der Waals surface area contributed by atoms with Crippen LogP contribution in [0, 0.1) is 0 Å². The number of fused-ring (bicyclic) bond motifs is 7. The Hall–Kier alpha value is -6.84. The first-order valence-corrected chi connectivity index (χ1v) is 17.3. The molecule has 51 heavy (non-hydrogen) atoms. The third-order valence-corrected chi connectivity index (χ3v) is 9.87. The van der Waals surface area contributed by atoms with Crippen molar-refractivity contribution >= 4 is 60.9 Å². The minimum atomic E-state index is 0.788. The van der Waals surface area contributed by atoms with Crippen molar-refractivity contribution in [3.8, 4) is 33.4 Å². The fraction of sp³-hybridized carbons (Fsp3) is 0. The molecule has 2 heterocycles. The van der Waals surface area contributed by atoms with E-state index in [-0.39, 0.29) is 0 Å². The normalized spacial score (nSPS) is 11.5. The van der Waals surface area contributed by atoms with Gasteiger partial charge < -0.3 is 13.7 Å². The van der Waals surface area contributed by atoms with Crippen LogP contribution < -0.4 is 4.90 Å². The van der Waals surface area contributed by atoms with E-state index in [1.807, 2.05) is 24.3 Å². The Morgan fingerprint density at radius 3 is 1.47 bits per heavy atom. The van der Waals surface area contributed by atoms with E-state index in [0.29, 0.717) is 0 Å². The van der Waals surface area contributed by atoms with Gasteiger partial charge in [0.1, 0.15) is 11.2 Å². The van der Waals surface area contributed by atoms with E-state index in [4.69, 9.17) is 8.83 Å². The van der Waals surface area contributed by atoms with Gasteiger partial charge in [-0.05, 0) is 94.0 Å². The Morgan fingerprint density at radius 2 is 0.804 bits per heavy atom. The number of rotatable bonds is 6. The van der Waals surface area contributed by atoms with Gasteiger partial charge in [0.15, 0.2) is 11.2 Å². The molecule has 0 bridgehead atoms. The highest BCUT2D eigenvalue weighted by molar-refractivity contribution is 6.24. The maximum Gasteiger partial charge on any atom is 0.179 e. The van der Waals surface area contributed by atoms with Gasteiger partial charge in [-0.15, -0.1) is 0 Å². The Kier molecular flexibility index (Phi) is 6.81. The first-order valence-electron chi connectivity index (χ1n) is 17.3. The van der Waals surface area contributed by atoms with Crippen molar-refractivity contribution in [2.45, 2.75) is 0 Å². The Morgan fingerprint density at radius 1 is 0.314 bits per heavy atom.